The lowest BCUT2D eigenvalue weighted by Crippen LogP contribution is -2.60. The molecular weight excluding hydrogens is 222 g/mol. The molecule has 2 aliphatic rings. The molecule has 2 fully saturated rings. The molecule has 0 bridgehead atoms. The number of nitrogens with zero attached hydrogens (tertiary/aromatic N) is 2. The third-order valence-corrected chi connectivity index (χ3v) is 5.05. The van der Waals surface area contributed by atoms with E-state index in [1.165, 1.54) is 45.3 Å². The van der Waals surface area contributed by atoms with Crippen molar-refractivity contribution in [1.29, 1.82) is 0 Å². The van der Waals surface area contributed by atoms with Crippen LogP contribution in [-0.2, 0) is 0 Å². The average molecular weight is 253 g/mol. The van der Waals surface area contributed by atoms with Crippen LogP contribution in [0.4, 0.5) is 0 Å². The van der Waals surface area contributed by atoms with E-state index in [0.717, 1.165) is 18.6 Å². The molecule has 1 saturated heterocycles. The molecule has 106 valence electrons. The number of hydrogen-bond acceptors (Lipinski definition) is 3. The van der Waals surface area contributed by atoms with Crippen LogP contribution in [0.5, 0.6) is 0 Å². The van der Waals surface area contributed by atoms with Crippen LogP contribution in [0, 0.1) is 0 Å². The molecule has 1 saturated carbocycles. The van der Waals surface area contributed by atoms with Crippen molar-refractivity contribution < 1.29 is 0 Å². The SMILES string of the molecule is CCNC1CCC(N2CCN(C)C(C)(C)C2)CC1. The van der Waals surface area contributed by atoms with E-state index in [-0.39, 0.29) is 0 Å². The van der Waals surface area contributed by atoms with Crippen molar-refractivity contribution in [2.45, 2.75) is 64.1 Å². The zero-order chi connectivity index (χ0) is 13.2. The van der Waals surface area contributed by atoms with Gasteiger partial charge in [-0.25, -0.2) is 0 Å². The zero-order valence-corrected chi connectivity index (χ0v) is 12.7. The van der Waals surface area contributed by atoms with Crippen molar-refractivity contribution in [2.24, 2.45) is 0 Å². The first-order valence-corrected chi connectivity index (χ1v) is 7.71. The van der Waals surface area contributed by atoms with Gasteiger partial charge in [0.1, 0.15) is 0 Å². The molecule has 3 heteroatoms. The molecule has 0 radical (unpaired) electrons. The minimum absolute atomic E-state index is 0.344. The van der Waals surface area contributed by atoms with E-state index in [4.69, 9.17) is 0 Å². The smallest absolute Gasteiger partial charge is 0.0277 e. The Morgan fingerprint density at radius 2 is 1.78 bits per heavy atom. The molecule has 2 rings (SSSR count). The monoisotopic (exact) mass is 253 g/mol. The largest absolute Gasteiger partial charge is 0.314 e. The van der Waals surface area contributed by atoms with E-state index in [9.17, 15) is 0 Å². The summed E-state index contributed by atoms with van der Waals surface area (Å²) in [5, 5.41) is 3.60. The minimum atomic E-state index is 0.344. The number of nitrogens with one attached hydrogen (secondary N) is 1. The molecule has 0 spiro atoms. The number of likely N-dealkylation sites (N-methyl/N-ethyl adjacent to an activating group) is 1. The summed E-state index contributed by atoms with van der Waals surface area (Å²) >= 11 is 0. The van der Waals surface area contributed by atoms with Crippen molar-refractivity contribution in [3.63, 3.8) is 0 Å². The molecule has 1 aliphatic carbocycles. The van der Waals surface area contributed by atoms with E-state index in [2.05, 4.69) is 42.9 Å². The van der Waals surface area contributed by atoms with Gasteiger partial charge in [-0.3, -0.25) is 9.80 Å². The van der Waals surface area contributed by atoms with Crippen LogP contribution in [0.2, 0.25) is 0 Å². The van der Waals surface area contributed by atoms with Gasteiger partial charge in [0.2, 0.25) is 0 Å². The number of rotatable bonds is 3. The van der Waals surface area contributed by atoms with Gasteiger partial charge in [-0.15, -0.1) is 0 Å². The van der Waals surface area contributed by atoms with Crippen molar-refractivity contribution in [3.8, 4) is 0 Å². The van der Waals surface area contributed by atoms with Gasteiger partial charge in [-0.1, -0.05) is 6.92 Å². The van der Waals surface area contributed by atoms with E-state index in [1.807, 2.05) is 0 Å². The Labute approximate surface area is 113 Å². The van der Waals surface area contributed by atoms with Crippen LogP contribution in [0.25, 0.3) is 0 Å². The fourth-order valence-electron chi connectivity index (χ4n) is 3.52. The maximum atomic E-state index is 3.60. The Balaban J connectivity index is 1.83. The molecule has 0 unspecified atom stereocenters. The average Bonchev–Trinajstić information content (AvgIpc) is 2.34. The molecule has 1 N–H and O–H groups in total. The van der Waals surface area contributed by atoms with Gasteiger partial charge in [0.05, 0.1) is 0 Å². The van der Waals surface area contributed by atoms with E-state index in [1.54, 1.807) is 0 Å². The highest BCUT2D eigenvalue weighted by atomic mass is 15.3. The molecule has 1 heterocycles. The molecule has 18 heavy (non-hydrogen) atoms. The highest BCUT2D eigenvalue weighted by Gasteiger charge is 2.35. The predicted octanol–water partition coefficient (Wildman–Crippen LogP) is 1.93. The highest BCUT2D eigenvalue weighted by molar-refractivity contribution is 4.92. The van der Waals surface area contributed by atoms with Crippen LogP contribution in [0.3, 0.4) is 0 Å². The standard InChI is InChI=1S/C15H31N3/c1-5-16-13-6-8-14(9-7-13)18-11-10-17(4)15(2,3)12-18/h13-14,16H,5-12H2,1-4H3. The number of piperazine rings is 1. The van der Waals surface area contributed by atoms with Gasteiger partial charge in [0, 0.05) is 37.3 Å². The third-order valence-electron chi connectivity index (χ3n) is 5.05. The van der Waals surface area contributed by atoms with Crippen molar-refractivity contribution in [1.82, 2.24) is 15.1 Å². The van der Waals surface area contributed by atoms with Gasteiger partial charge in [-0.05, 0) is 53.1 Å². The second kappa shape index (κ2) is 5.89. The number of hydrogen-bond donors (Lipinski definition) is 1. The molecule has 3 nitrogen and oxygen atoms in total. The minimum Gasteiger partial charge on any atom is -0.314 e. The quantitative estimate of drug-likeness (QED) is 0.829. The zero-order valence-electron chi connectivity index (χ0n) is 12.7. The molecule has 0 atom stereocenters. The Morgan fingerprint density at radius 3 is 2.33 bits per heavy atom. The van der Waals surface area contributed by atoms with Crippen LogP contribution in [0.15, 0.2) is 0 Å². The van der Waals surface area contributed by atoms with Gasteiger partial charge in [0.15, 0.2) is 0 Å². The lowest BCUT2D eigenvalue weighted by molar-refractivity contribution is 0.00585. The highest BCUT2D eigenvalue weighted by Crippen LogP contribution is 2.27. The van der Waals surface area contributed by atoms with Gasteiger partial charge in [0.25, 0.3) is 0 Å². The van der Waals surface area contributed by atoms with Crippen LogP contribution >= 0.6 is 0 Å². The first-order chi connectivity index (χ1) is 8.53. The first-order valence-electron chi connectivity index (χ1n) is 7.71. The lowest BCUT2D eigenvalue weighted by Gasteiger charge is -2.49. The summed E-state index contributed by atoms with van der Waals surface area (Å²) in [6, 6.07) is 1.62. The second-order valence-electron chi connectivity index (χ2n) is 6.77. The Hall–Kier alpha value is -0.120. The third kappa shape index (κ3) is 3.25. The summed E-state index contributed by atoms with van der Waals surface area (Å²) in [5.74, 6) is 0. The van der Waals surface area contributed by atoms with Gasteiger partial charge >= 0.3 is 0 Å². The predicted molar refractivity (Wildman–Crippen MR) is 78.0 cm³/mol. The summed E-state index contributed by atoms with van der Waals surface area (Å²) < 4.78 is 0. The van der Waals surface area contributed by atoms with Gasteiger partial charge in [-0.2, -0.15) is 0 Å². The van der Waals surface area contributed by atoms with Crippen molar-refractivity contribution in [2.75, 3.05) is 33.2 Å². The Kier molecular flexibility index (Phi) is 4.68. The van der Waals surface area contributed by atoms with E-state index >= 15 is 0 Å². The van der Waals surface area contributed by atoms with Crippen LogP contribution in [0.1, 0.15) is 46.5 Å². The molecule has 0 aromatic rings. The van der Waals surface area contributed by atoms with Crippen LogP contribution in [-0.4, -0.2) is 60.6 Å². The fraction of sp³-hybridized carbons (Fsp3) is 1.00. The maximum absolute atomic E-state index is 3.60. The molecular formula is C15H31N3. The van der Waals surface area contributed by atoms with Crippen molar-refractivity contribution in [3.05, 3.63) is 0 Å². The normalized spacial score (nSPS) is 34.7. The van der Waals surface area contributed by atoms with Gasteiger partial charge < -0.3 is 5.32 Å². The lowest BCUT2D eigenvalue weighted by atomic mass is 9.88. The summed E-state index contributed by atoms with van der Waals surface area (Å²) in [6.45, 7) is 11.8. The maximum Gasteiger partial charge on any atom is 0.0277 e. The molecule has 0 aromatic heterocycles. The van der Waals surface area contributed by atoms with E-state index in [0.29, 0.717) is 5.54 Å². The Bertz CT molecular complexity index is 256. The summed E-state index contributed by atoms with van der Waals surface area (Å²) in [6.07, 6.45) is 5.51. The molecule has 1 aliphatic heterocycles. The van der Waals surface area contributed by atoms with Crippen molar-refractivity contribution >= 4 is 0 Å². The summed E-state index contributed by atoms with van der Waals surface area (Å²) in [5.41, 5.74) is 0.344. The molecule has 0 aromatic carbocycles. The molecule has 0 amide bonds. The second-order valence-corrected chi connectivity index (χ2v) is 6.77. The Morgan fingerprint density at radius 1 is 1.11 bits per heavy atom. The fourth-order valence-corrected chi connectivity index (χ4v) is 3.52. The van der Waals surface area contributed by atoms with E-state index < -0.39 is 0 Å². The summed E-state index contributed by atoms with van der Waals surface area (Å²) in [7, 11) is 2.26. The van der Waals surface area contributed by atoms with Crippen LogP contribution < -0.4 is 5.32 Å². The topological polar surface area (TPSA) is 18.5 Å². The first kappa shape index (κ1) is 14.3. The summed E-state index contributed by atoms with van der Waals surface area (Å²) in [4.78, 5) is 5.26.